The van der Waals surface area contributed by atoms with Crippen molar-refractivity contribution in [1.29, 1.82) is 0 Å². The maximum absolute atomic E-state index is 11.0. The minimum Gasteiger partial charge on any atom is -0.478 e. The van der Waals surface area contributed by atoms with Crippen molar-refractivity contribution in [3.05, 3.63) is 23.7 Å². The Hall–Kier alpha value is -1.33. The molecule has 1 aromatic rings. The van der Waals surface area contributed by atoms with E-state index in [1.165, 1.54) is 25.2 Å². The first kappa shape index (κ1) is 13.1. The average Bonchev–Trinajstić information content (AvgIpc) is 2.88. The van der Waals surface area contributed by atoms with Gasteiger partial charge in [0.2, 0.25) is 0 Å². The van der Waals surface area contributed by atoms with Gasteiger partial charge in [0, 0.05) is 12.6 Å². The zero-order valence-electron chi connectivity index (χ0n) is 10.9. The monoisotopic (exact) mass is 252 g/mol. The number of furan rings is 1. The summed E-state index contributed by atoms with van der Waals surface area (Å²) in [6.45, 7) is 2.61. The number of carbonyl (C=O) groups is 1. The number of carboxylic acid groups (broad SMARTS) is 1. The number of hydrogen-bond acceptors (Lipinski definition) is 4. The molecule has 0 saturated carbocycles. The van der Waals surface area contributed by atoms with Gasteiger partial charge in [0.1, 0.15) is 11.3 Å². The smallest absolute Gasteiger partial charge is 0.339 e. The second-order valence-corrected chi connectivity index (χ2v) is 5.09. The van der Waals surface area contributed by atoms with Crippen LogP contribution in [-0.4, -0.2) is 54.1 Å². The molecule has 100 valence electrons. The van der Waals surface area contributed by atoms with Gasteiger partial charge in [-0.25, -0.2) is 4.79 Å². The molecule has 0 aromatic carbocycles. The molecule has 0 spiro atoms. The largest absolute Gasteiger partial charge is 0.478 e. The number of likely N-dealkylation sites (N-methyl/N-ethyl adjacent to an activating group) is 1. The predicted molar refractivity (Wildman–Crippen MR) is 67.7 cm³/mol. The topological polar surface area (TPSA) is 56.9 Å². The standard InChI is InChI=1S/C13H20N2O3/c1-14(2)8-10-4-3-6-15(10)9-12-11(13(16)17)5-7-18-12/h5,7,10H,3-4,6,8-9H2,1-2H3,(H,16,17). The zero-order valence-corrected chi connectivity index (χ0v) is 10.9. The zero-order chi connectivity index (χ0) is 13.1. The first-order valence-corrected chi connectivity index (χ1v) is 6.26. The van der Waals surface area contributed by atoms with Gasteiger partial charge < -0.3 is 14.4 Å². The molecule has 5 heteroatoms. The quantitative estimate of drug-likeness (QED) is 0.860. The number of likely N-dealkylation sites (tertiary alicyclic amines) is 1. The maximum Gasteiger partial charge on any atom is 0.339 e. The van der Waals surface area contributed by atoms with E-state index >= 15 is 0 Å². The first-order chi connectivity index (χ1) is 8.58. The lowest BCUT2D eigenvalue weighted by Gasteiger charge is -2.26. The number of hydrogen-bond donors (Lipinski definition) is 1. The molecule has 1 saturated heterocycles. The fourth-order valence-corrected chi connectivity index (χ4v) is 2.57. The summed E-state index contributed by atoms with van der Waals surface area (Å²) in [5, 5.41) is 9.05. The number of carboxylic acids is 1. The van der Waals surface area contributed by atoms with Crippen molar-refractivity contribution in [2.45, 2.75) is 25.4 Å². The van der Waals surface area contributed by atoms with Gasteiger partial charge >= 0.3 is 5.97 Å². The van der Waals surface area contributed by atoms with Gasteiger partial charge in [-0.2, -0.15) is 0 Å². The Morgan fingerprint density at radius 1 is 1.61 bits per heavy atom. The van der Waals surface area contributed by atoms with Gasteiger partial charge in [-0.3, -0.25) is 4.90 Å². The predicted octanol–water partition coefficient (Wildman–Crippen LogP) is 1.50. The SMILES string of the molecule is CN(C)CC1CCCN1Cc1occc1C(=O)O. The van der Waals surface area contributed by atoms with Crippen molar-refractivity contribution in [2.75, 3.05) is 27.2 Å². The number of nitrogens with zero attached hydrogens (tertiary/aromatic N) is 2. The Morgan fingerprint density at radius 2 is 2.39 bits per heavy atom. The Morgan fingerprint density at radius 3 is 3.06 bits per heavy atom. The molecule has 2 heterocycles. The van der Waals surface area contributed by atoms with E-state index in [0.29, 0.717) is 18.3 Å². The minimum absolute atomic E-state index is 0.283. The van der Waals surface area contributed by atoms with Crippen LogP contribution in [0.15, 0.2) is 16.7 Å². The molecule has 1 fully saturated rings. The molecule has 1 N–H and O–H groups in total. The summed E-state index contributed by atoms with van der Waals surface area (Å²) in [7, 11) is 4.12. The average molecular weight is 252 g/mol. The molecule has 1 aliphatic rings. The van der Waals surface area contributed by atoms with Crippen LogP contribution in [-0.2, 0) is 6.54 Å². The Kier molecular flexibility index (Phi) is 4.04. The molecule has 1 aromatic heterocycles. The van der Waals surface area contributed by atoms with Crippen molar-refractivity contribution in [1.82, 2.24) is 9.80 Å². The molecular weight excluding hydrogens is 232 g/mol. The van der Waals surface area contributed by atoms with Crippen LogP contribution in [0.1, 0.15) is 29.0 Å². The van der Waals surface area contributed by atoms with Crippen LogP contribution in [0.2, 0.25) is 0 Å². The first-order valence-electron chi connectivity index (χ1n) is 6.26. The van der Waals surface area contributed by atoms with Gasteiger partial charge in [0.15, 0.2) is 0 Å². The molecule has 2 rings (SSSR count). The maximum atomic E-state index is 11.0. The van der Waals surface area contributed by atoms with E-state index in [1.807, 2.05) is 0 Å². The molecule has 0 bridgehead atoms. The van der Waals surface area contributed by atoms with Crippen LogP contribution in [0.4, 0.5) is 0 Å². The van der Waals surface area contributed by atoms with Crippen LogP contribution < -0.4 is 0 Å². The van der Waals surface area contributed by atoms with Gasteiger partial charge in [-0.05, 0) is 39.5 Å². The van der Waals surface area contributed by atoms with E-state index in [2.05, 4.69) is 23.9 Å². The minimum atomic E-state index is -0.915. The van der Waals surface area contributed by atoms with Crippen LogP contribution in [0.3, 0.4) is 0 Å². The van der Waals surface area contributed by atoms with E-state index < -0.39 is 5.97 Å². The Bertz CT molecular complexity index is 414. The summed E-state index contributed by atoms with van der Waals surface area (Å²) in [4.78, 5) is 15.5. The summed E-state index contributed by atoms with van der Waals surface area (Å²) in [5.41, 5.74) is 0.283. The van der Waals surface area contributed by atoms with Crippen molar-refractivity contribution in [3.8, 4) is 0 Å². The highest BCUT2D eigenvalue weighted by molar-refractivity contribution is 5.88. The highest BCUT2D eigenvalue weighted by Gasteiger charge is 2.27. The van der Waals surface area contributed by atoms with E-state index in [0.717, 1.165) is 13.1 Å². The van der Waals surface area contributed by atoms with E-state index in [9.17, 15) is 4.79 Å². The second kappa shape index (κ2) is 5.54. The van der Waals surface area contributed by atoms with Crippen LogP contribution in [0.5, 0.6) is 0 Å². The summed E-state index contributed by atoms with van der Waals surface area (Å²) in [5.74, 6) is -0.352. The lowest BCUT2D eigenvalue weighted by molar-refractivity contribution is 0.0691. The van der Waals surface area contributed by atoms with E-state index in [4.69, 9.17) is 9.52 Å². The summed E-state index contributed by atoms with van der Waals surface area (Å²) >= 11 is 0. The summed E-state index contributed by atoms with van der Waals surface area (Å²) in [6.07, 6.45) is 3.79. The Labute approximate surface area is 107 Å². The molecule has 0 amide bonds. The van der Waals surface area contributed by atoms with Gasteiger partial charge in [-0.15, -0.1) is 0 Å². The van der Waals surface area contributed by atoms with Gasteiger partial charge in [0.25, 0.3) is 0 Å². The van der Waals surface area contributed by atoms with Crippen molar-refractivity contribution in [2.24, 2.45) is 0 Å². The molecule has 1 atom stereocenters. The fraction of sp³-hybridized carbons (Fsp3) is 0.615. The third kappa shape index (κ3) is 2.91. The molecule has 0 aliphatic carbocycles. The fourth-order valence-electron chi connectivity index (χ4n) is 2.57. The summed E-state index contributed by atoms with van der Waals surface area (Å²) in [6, 6.07) is 2.01. The van der Waals surface area contributed by atoms with Gasteiger partial charge in [-0.1, -0.05) is 0 Å². The van der Waals surface area contributed by atoms with Crippen LogP contribution >= 0.6 is 0 Å². The van der Waals surface area contributed by atoms with E-state index in [-0.39, 0.29) is 5.56 Å². The van der Waals surface area contributed by atoms with Crippen molar-refractivity contribution < 1.29 is 14.3 Å². The lowest BCUT2D eigenvalue weighted by Crippen LogP contribution is -2.37. The normalized spacial score (nSPS) is 20.7. The second-order valence-electron chi connectivity index (χ2n) is 5.09. The molecule has 1 unspecified atom stereocenters. The highest BCUT2D eigenvalue weighted by Crippen LogP contribution is 2.22. The molecular formula is C13H20N2O3. The van der Waals surface area contributed by atoms with Crippen LogP contribution in [0, 0.1) is 0 Å². The third-order valence-electron chi connectivity index (χ3n) is 3.40. The number of rotatable bonds is 5. The van der Waals surface area contributed by atoms with Crippen molar-refractivity contribution >= 4 is 5.97 Å². The van der Waals surface area contributed by atoms with Crippen LogP contribution in [0.25, 0.3) is 0 Å². The molecule has 1 aliphatic heterocycles. The van der Waals surface area contributed by atoms with Crippen molar-refractivity contribution in [3.63, 3.8) is 0 Å². The number of aromatic carboxylic acids is 1. The highest BCUT2D eigenvalue weighted by atomic mass is 16.4. The molecule has 0 radical (unpaired) electrons. The lowest BCUT2D eigenvalue weighted by atomic mass is 10.2. The Balaban J connectivity index is 2.03. The van der Waals surface area contributed by atoms with Gasteiger partial charge in [0.05, 0.1) is 12.8 Å². The van der Waals surface area contributed by atoms with E-state index in [1.54, 1.807) is 0 Å². The molecule has 18 heavy (non-hydrogen) atoms. The summed E-state index contributed by atoms with van der Waals surface area (Å²) < 4.78 is 5.31. The molecule has 5 nitrogen and oxygen atoms in total. The third-order valence-corrected chi connectivity index (χ3v) is 3.40.